The number of halogens is 6. The highest BCUT2D eigenvalue weighted by atomic mass is 19.4. The van der Waals surface area contributed by atoms with Crippen molar-refractivity contribution in [1.82, 2.24) is 35.5 Å². The van der Waals surface area contributed by atoms with Crippen molar-refractivity contribution >= 4 is 68.0 Å². The van der Waals surface area contributed by atoms with E-state index in [1.807, 2.05) is 24.3 Å². The van der Waals surface area contributed by atoms with E-state index in [1.54, 1.807) is 60.9 Å². The molecule has 0 bridgehead atoms. The van der Waals surface area contributed by atoms with Gasteiger partial charge in [-0.2, -0.15) is 20.2 Å². The number of nitrogens with one attached hydrogen (secondary N) is 7. The summed E-state index contributed by atoms with van der Waals surface area (Å²) in [5.41, 5.74) is 6.11. The van der Waals surface area contributed by atoms with Crippen LogP contribution in [0.25, 0.3) is 44.1 Å². The van der Waals surface area contributed by atoms with Crippen molar-refractivity contribution in [2.75, 3.05) is 96.7 Å². The van der Waals surface area contributed by atoms with Crippen LogP contribution in [0.3, 0.4) is 0 Å². The van der Waals surface area contributed by atoms with Gasteiger partial charge in [-0.15, -0.1) is 26.3 Å². The zero-order valence-corrected chi connectivity index (χ0v) is 42.0. The summed E-state index contributed by atoms with van der Waals surface area (Å²) < 4.78 is 88.7. The van der Waals surface area contributed by atoms with E-state index in [9.17, 15) is 26.3 Å². The van der Waals surface area contributed by atoms with Gasteiger partial charge in [-0.25, -0.2) is 9.59 Å². The van der Waals surface area contributed by atoms with Crippen molar-refractivity contribution in [3.8, 4) is 33.8 Å². The quantitative estimate of drug-likeness (QED) is 0.0361. The Hall–Kier alpha value is -8.54. The van der Waals surface area contributed by atoms with Gasteiger partial charge < -0.3 is 41.0 Å². The maximum absolute atomic E-state index is 15.0. The molecule has 7 N–H and O–H groups in total. The number of hydrogen-bond acceptors (Lipinski definition) is 11. The highest BCUT2D eigenvalue weighted by Crippen LogP contribution is 2.37. The number of ether oxygens (including phenoxy) is 2. The molecule has 0 radical (unpaired) electrons. The molecule has 0 atom stereocenters. The molecule has 0 unspecified atom stereocenters. The van der Waals surface area contributed by atoms with Crippen LogP contribution in [-0.4, -0.2) is 120 Å². The van der Waals surface area contributed by atoms with E-state index in [2.05, 4.69) is 66.3 Å². The molecule has 2 fully saturated rings. The standard InChI is InChI=1S/C55H55F6N13O4/c56-54(57,58)77-44-8-4-6-38(28-44)67-52(75)73(42-14-10-36(11-15-42)46-30-40(32-50-48(46)34-65-69-50)63-20-26-71-22-2-1-3-23-71)74(53(76)68-39-7-5-9-45(29-39)78-55(59,60)61)43-16-12-37(13-17-43)47-31-41(33-51-49(47)35-66-70-51)64-21-27-72-24-18-62-19-25-72/h4-17,28-35,62-64H,1-3,18-27H2,(H,65,69)(H,66,70)(H,67,75)(H,68,76). The lowest BCUT2D eigenvalue weighted by atomic mass is 10.0. The second-order valence-electron chi connectivity index (χ2n) is 18.8. The van der Waals surface area contributed by atoms with Crippen LogP contribution >= 0.6 is 0 Å². The number of amides is 4. The largest absolute Gasteiger partial charge is 0.573 e. The van der Waals surface area contributed by atoms with Gasteiger partial charge in [0.2, 0.25) is 0 Å². The number of aromatic amines is 2. The molecule has 2 aromatic heterocycles. The minimum Gasteiger partial charge on any atom is -0.406 e. The molecule has 6 aromatic carbocycles. The van der Waals surface area contributed by atoms with E-state index in [0.717, 1.165) is 131 Å². The summed E-state index contributed by atoms with van der Waals surface area (Å²) >= 11 is 0. The summed E-state index contributed by atoms with van der Waals surface area (Å²) in [5.74, 6) is -1.25. The van der Waals surface area contributed by atoms with Gasteiger partial charge in [0.15, 0.2) is 0 Å². The van der Waals surface area contributed by atoms with Crippen molar-refractivity contribution in [2.24, 2.45) is 0 Å². The summed E-state index contributed by atoms with van der Waals surface area (Å²) in [7, 11) is 0. The molecule has 2 aliphatic rings. The number of hydrogen-bond donors (Lipinski definition) is 7. The third kappa shape index (κ3) is 13.3. The average molecular weight is 1080 g/mol. The topological polar surface area (TPSA) is 183 Å². The lowest BCUT2D eigenvalue weighted by Crippen LogP contribution is -2.53. The summed E-state index contributed by atoms with van der Waals surface area (Å²) in [5, 5.41) is 33.9. The normalized spacial score (nSPS) is 14.5. The van der Waals surface area contributed by atoms with Gasteiger partial charge in [-0.05, 0) is 121 Å². The third-order valence-corrected chi connectivity index (χ3v) is 13.4. The molecule has 2 saturated heterocycles. The van der Waals surface area contributed by atoms with Crippen LogP contribution in [-0.2, 0) is 0 Å². The summed E-state index contributed by atoms with van der Waals surface area (Å²) in [6.45, 7) is 8.96. The first kappa shape index (κ1) is 52.9. The molecule has 406 valence electrons. The first-order valence-corrected chi connectivity index (χ1v) is 25.4. The van der Waals surface area contributed by atoms with Gasteiger partial charge in [0.1, 0.15) is 11.5 Å². The van der Waals surface area contributed by atoms with Crippen molar-refractivity contribution < 1.29 is 45.4 Å². The Kier molecular flexibility index (Phi) is 15.8. The molecule has 4 heterocycles. The maximum atomic E-state index is 15.0. The Balaban J connectivity index is 1.02. The minimum absolute atomic E-state index is 0.0875. The average Bonchev–Trinajstić information content (AvgIpc) is 4.20. The molecule has 78 heavy (non-hydrogen) atoms. The number of nitrogens with zero attached hydrogens (tertiary/aromatic N) is 6. The van der Waals surface area contributed by atoms with Gasteiger partial charge in [0.25, 0.3) is 0 Å². The fraction of sp³-hybridized carbons (Fsp3) is 0.273. The number of carbonyl (C=O) groups excluding carboxylic acids is 2. The number of benzene rings is 6. The molecule has 0 aliphatic carbocycles. The Morgan fingerprint density at radius 2 is 0.974 bits per heavy atom. The molecular formula is C55H55F6N13O4. The zero-order chi connectivity index (χ0) is 54.2. The minimum atomic E-state index is -5.05. The van der Waals surface area contributed by atoms with Crippen LogP contribution in [0.15, 0.2) is 134 Å². The number of hydrazine groups is 1. The maximum Gasteiger partial charge on any atom is 0.573 e. The van der Waals surface area contributed by atoms with Crippen LogP contribution in [0.4, 0.5) is 70.1 Å². The lowest BCUT2D eigenvalue weighted by Gasteiger charge is -2.35. The van der Waals surface area contributed by atoms with Crippen molar-refractivity contribution in [3.63, 3.8) is 0 Å². The highest BCUT2D eigenvalue weighted by Gasteiger charge is 2.34. The monoisotopic (exact) mass is 1080 g/mol. The van der Waals surface area contributed by atoms with Crippen molar-refractivity contribution in [2.45, 2.75) is 32.0 Å². The predicted molar refractivity (Wildman–Crippen MR) is 289 cm³/mol. The Bertz CT molecular complexity index is 3120. The fourth-order valence-electron chi connectivity index (χ4n) is 9.72. The number of anilines is 6. The van der Waals surface area contributed by atoms with Crippen molar-refractivity contribution in [3.05, 3.63) is 134 Å². The van der Waals surface area contributed by atoms with Gasteiger partial charge in [-0.3, -0.25) is 15.1 Å². The van der Waals surface area contributed by atoms with Crippen LogP contribution in [0.1, 0.15) is 19.3 Å². The smallest absolute Gasteiger partial charge is 0.406 e. The first-order chi connectivity index (χ1) is 37.7. The molecule has 2 aliphatic heterocycles. The molecule has 10 rings (SSSR count). The van der Waals surface area contributed by atoms with E-state index in [-0.39, 0.29) is 22.7 Å². The molecule has 8 aromatic rings. The zero-order valence-electron chi connectivity index (χ0n) is 42.0. The molecule has 23 heteroatoms. The molecule has 17 nitrogen and oxygen atoms in total. The van der Waals surface area contributed by atoms with Gasteiger partial charge in [0.05, 0.1) is 34.8 Å². The van der Waals surface area contributed by atoms with E-state index in [0.29, 0.717) is 24.2 Å². The summed E-state index contributed by atoms with van der Waals surface area (Å²) in [6, 6.07) is 28.4. The number of likely N-dealkylation sites (tertiary alicyclic amines) is 1. The number of urea groups is 2. The van der Waals surface area contributed by atoms with Gasteiger partial charge in [0, 0.05) is 98.0 Å². The van der Waals surface area contributed by atoms with Crippen LogP contribution in [0, 0.1) is 0 Å². The van der Waals surface area contributed by atoms with Gasteiger partial charge >= 0.3 is 24.8 Å². The number of rotatable bonds is 16. The Morgan fingerprint density at radius 3 is 1.41 bits per heavy atom. The Morgan fingerprint density at radius 1 is 0.538 bits per heavy atom. The van der Waals surface area contributed by atoms with E-state index >= 15 is 9.59 Å². The summed E-state index contributed by atoms with van der Waals surface area (Å²) in [6.07, 6.45) is -3.10. The highest BCUT2D eigenvalue weighted by molar-refractivity contribution is 6.13. The number of H-pyrrole nitrogens is 2. The second kappa shape index (κ2) is 23.4. The Labute approximate surface area is 443 Å². The second-order valence-corrected chi connectivity index (χ2v) is 18.8. The number of aromatic nitrogens is 4. The first-order valence-electron chi connectivity index (χ1n) is 25.4. The van der Waals surface area contributed by atoms with Crippen LogP contribution in [0.2, 0.25) is 0 Å². The number of fused-ring (bicyclic) bond motifs is 2. The van der Waals surface area contributed by atoms with E-state index in [1.165, 1.54) is 43.5 Å². The molecular weight excluding hydrogens is 1020 g/mol. The van der Waals surface area contributed by atoms with Gasteiger partial charge in [-0.1, -0.05) is 42.8 Å². The third-order valence-electron chi connectivity index (χ3n) is 13.4. The SMILES string of the molecule is O=C(Nc1cccc(OC(F)(F)F)c1)N(c1ccc(-c2cc(NCCN3CCCCC3)cc3[nH]ncc23)cc1)N(C(=O)Nc1cccc(OC(F)(F)F)c1)c1ccc(-c2cc(NCCN3CCNCC3)cc3[nH]ncc23)cc1. The van der Waals surface area contributed by atoms with E-state index < -0.39 is 36.3 Å². The summed E-state index contributed by atoms with van der Waals surface area (Å²) in [4.78, 5) is 34.8. The fourth-order valence-corrected chi connectivity index (χ4v) is 9.72. The molecule has 0 saturated carbocycles. The number of carbonyl (C=O) groups is 2. The molecule has 0 spiro atoms. The predicted octanol–water partition coefficient (Wildman–Crippen LogP) is 11.5. The van der Waals surface area contributed by atoms with E-state index in [4.69, 9.17) is 0 Å². The van der Waals surface area contributed by atoms with Crippen LogP contribution < -0.4 is 46.1 Å². The number of piperazine rings is 1. The molecule has 4 amide bonds. The number of alkyl halides is 6. The lowest BCUT2D eigenvalue weighted by molar-refractivity contribution is -0.275. The van der Waals surface area contributed by atoms with Crippen LogP contribution in [0.5, 0.6) is 11.5 Å². The van der Waals surface area contributed by atoms with Crippen molar-refractivity contribution in [1.29, 1.82) is 0 Å². The number of piperidine rings is 1.